The van der Waals surface area contributed by atoms with Crippen molar-refractivity contribution in [1.29, 1.82) is 0 Å². The van der Waals surface area contributed by atoms with E-state index in [0.29, 0.717) is 36.1 Å². The van der Waals surface area contributed by atoms with Crippen LogP contribution in [0.3, 0.4) is 0 Å². The number of nitrogens with zero attached hydrogens (tertiary/aromatic N) is 8. The zero-order chi connectivity index (χ0) is 20.2. The van der Waals surface area contributed by atoms with Crippen molar-refractivity contribution in [3.8, 4) is 0 Å². The Morgan fingerprint density at radius 2 is 1.70 bits per heavy atom. The first-order valence-electron chi connectivity index (χ1n) is 9.56. The lowest BCUT2D eigenvalue weighted by molar-refractivity contribution is 0.122. The molecule has 5 heterocycles. The molecule has 1 saturated heterocycles. The lowest BCUT2D eigenvalue weighted by Crippen LogP contribution is -2.37. The Bertz CT molecular complexity index is 1160. The molecular formula is C20H19N9O. The minimum atomic E-state index is 0.614. The van der Waals surface area contributed by atoms with Crippen LogP contribution >= 0.6 is 0 Å². The quantitative estimate of drug-likeness (QED) is 0.507. The average molecular weight is 401 g/mol. The SMILES string of the molecule is C(=N\n1cnc2c(Nc3ccncc3)nc(N3CCOCC3)nc21)/c1ccncc1. The number of morpholine rings is 1. The van der Waals surface area contributed by atoms with Crippen LogP contribution in [0.5, 0.6) is 0 Å². The van der Waals surface area contributed by atoms with Crippen LogP contribution in [0.15, 0.2) is 60.5 Å². The van der Waals surface area contributed by atoms with Crippen LogP contribution in [0.4, 0.5) is 17.5 Å². The Morgan fingerprint density at radius 1 is 0.967 bits per heavy atom. The van der Waals surface area contributed by atoms with E-state index in [4.69, 9.17) is 14.7 Å². The Morgan fingerprint density at radius 3 is 2.47 bits per heavy atom. The van der Waals surface area contributed by atoms with Gasteiger partial charge in [-0.2, -0.15) is 15.1 Å². The van der Waals surface area contributed by atoms with E-state index >= 15 is 0 Å². The van der Waals surface area contributed by atoms with E-state index in [0.717, 1.165) is 24.3 Å². The van der Waals surface area contributed by atoms with Crippen LogP contribution < -0.4 is 10.2 Å². The summed E-state index contributed by atoms with van der Waals surface area (Å²) in [6.07, 6.45) is 10.3. The number of imidazole rings is 1. The number of anilines is 3. The number of nitrogens with one attached hydrogen (secondary N) is 1. The molecule has 0 radical (unpaired) electrons. The standard InChI is InChI=1S/C20H19N9O/c1-5-21-6-2-15(1)13-24-29-14-23-17-18(25-16-3-7-22-8-4-16)26-20(27-19(17)29)28-9-11-30-12-10-28/h1-8,13-14H,9-12H2,(H,22,25,26,27)/b24-13+. The van der Waals surface area contributed by atoms with E-state index in [1.165, 1.54) is 0 Å². The highest BCUT2D eigenvalue weighted by atomic mass is 16.5. The number of rotatable bonds is 5. The van der Waals surface area contributed by atoms with E-state index in [2.05, 4.69) is 30.3 Å². The first-order chi connectivity index (χ1) is 14.9. The third-order valence-electron chi connectivity index (χ3n) is 4.64. The molecule has 0 bridgehead atoms. The molecule has 10 nitrogen and oxygen atoms in total. The number of fused-ring (bicyclic) bond motifs is 1. The van der Waals surface area contributed by atoms with Gasteiger partial charge >= 0.3 is 0 Å². The zero-order valence-electron chi connectivity index (χ0n) is 16.1. The van der Waals surface area contributed by atoms with Crippen molar-refractivity contribution >= 4 is 34.8 Å². The molecule has 0 atom stereocenters. The fraction of sp³-hybridized carbons (Fsp3) is 0.200. The van der Waals surface area contributed by atoms with Crippen LogP contribution in [0.2, 0.25) is 0 Å². The Hall–Kier alpha value is -3.92. The maximum atomic E-state index is 5.46. The first kappa shape index (κ1) is 18.1. The molecule has 10 heteroatoms. The molecule has 1 aliphatic heterocycles. The molecule has 0 spiro atoms. The molecule has 0 saturated carbocycles. The molecule has 150 valence electrons. The van der Waals surface area contributed by atoms with Gasteiger partial charge < -0.3 is 15.0 Å². The van der Waals surface area contributed by atoms with E-state index in [-0.39, 0.29) is 0 Å². The van der Waals surface area contributed by atoms with E-state index < -0.39 is 0 Å². The number of ether oxygens (including phenoxy) is 1. The highest BCUT2D eigenvalue weighted by molar-refractivity contribution is 5.87. The minimum absolute atomic E-state index is 0.614. The lowest BCUT2D eigenvalue weighted by Gasteiger charge is -2.27. The van der Waals surface area contributed by atoms with Crippen molar-refractivity contribution in [3.05, 3.63) is 60.9 Å². The van der Waals surface area contributed by atoms with Crippen LogP contribution in [-0.2, 0) is 4.74 Å². The van der Waals surface area contributed by atoms with Crippen LogP contribution in [0.25, 0.3) is 11.2 Å². The van der Waals surface area contributed by atoms with Gasteiger partial charge in [0.1, 0.15) is 6.33 Å². The van der Waals surface area contributed by atoms with Gasteiger partial charge in [-0.25, -0.2) is 9.66 Å². The third-order valence-corrected chi connectivity index (χ3v) is 4.64. The maximum Gasteiger partial charge on any atom is 0.229 e. The molecule has 30 heavy (non-hydrogen) atoms. The van der Waals surface area contributed by atoms with Crippen LogP contribution in [0.1, 0.15) is 5.56 Å². The largest absolute Gasteiger partial charge is 0.378 e. The molecule has 0 aromatic carbocycles. The molecule has 0 unspecified atom stereocenters. The fourth-order valence-corrected chi connectivity index (χ4v) is 3.10. The smallest absolute Gasteiger partial charge is 0.229 e. The Kier molecular flexibility index (Phi) is 4.96. The Labute approximate surface area is 172 Å². The van der Waals surface area contributed by atoms with Gasteiger partial charge in [-0.15, -0.1) is 0 Å². The van der Waals surface area contributed by atoms with Gasteiger partial charge in [0.15, 0.2) is 17.0 Å². The summed E-state index contributed by atoms with van der Waals surface area (Å²) >= 11 is 0. The van der Waals surface area contributed by atoms with Crippen LogP contribution in [0, 0.1) is 0 Å². The number of aromatic nitrogens is 6. The molecule has 1 aliphatic rings. The van der Waals surface area contributed by atoms with Crippen molar-refractivity contribution in [3.63, 3.8) is 0 Å². The molecule has 5 rings (SSSR count). The minimum Gasteiger partial charge on any atom is -0.378 e. The second-order valence-electron chi connectivity index (χ2n) is 6.62. The molecule has 4 aromatic heterocycles. The van der Waals surface area contributed by atoms with Crippen molar-refractivity contribution in [2.24, 2.45) is 5.10 Å². The van der Waals surface area contributed by atoms with E-state index in [9.17, 15) is 0 Å². The molecule has 1 fully saturated rings. The number of hydrogen-bond donors (Lipinski definition) is 1. The number of hydrogen-bond acceptors (Lipinski definition) is 9. The van der Waals surface area contributed by atoms with E-state index in [1.54, 1.807) is 42.0 Å². The van der Waals surface area contributed by atoms with Gasteiger partial charge in [-0.05, 0) is 29.8 Å². The highest BCUT2D eigenvalue weighted by Crippen LogP contribution is 2.25. The summed E-state index contributed by atoms with van der Waals surface area (Å²) in [4.78, 5) is 24.2. The van der Waals surface area contributed by atoms with Crippen molar-refractivity contribution < 1.29 is 4.74 Å². The maximum absolute atomic E-state index is 5.46. The summed E-state index contributed by atoms with van der Waals surface area (Å²) in [5.41, 5.74) is 3.06. The summed E-state index contributed by atoms with van der Waals surface area (Å²) < 4.78 is 7.12. The summed E-state index contributed by atoms with van der Waals surface area (Å²) in [6, 6.07) is 7.52. The van der Waals surface area contributed by atoms with Gasteiger partial charge in [0.25, 0.3) is 0 Å². The molecule has 1 N–H and O–H groups in total. The average Bonchev–Trinajstić information content (AvgIpc) is 3.23. The summed E-state index contributed by atoms with van der Waals surface area (Å²) in [5.74, 6) is 1.23. The van der Waals surface area contributed by atoms with Gasteiger partial charge in [0, 0.05) is 43.6 Å². The normalized spacial score (nSPS) is 14.5. The second kappa shape index (κ2) is 8.21. The topological polar surface area (TPSA) is 106 Å². The predicted octanol–water partition coefficient (Wildman–Crippen LogP) is 2.08. The first-order valence-corrected chi connectivity index (χ1v) is 9.56. The second-order valence-corrected chi connectivity index (χ2v) is 6.62. The van der Waals surface area contributed by atoms with Gasteiger partial charge in [0.05, 0.1) is 19.4 Å². The van der Waals surface area contributed by atoms with Crippen molar-refractivity contribution in [2.75, 3.05) is 36.5 Å². The zero-order valence-corrected chi connectivity index (χ0v) is 16.1. The molecule has 0 amide bonds. The summed E-state index contributed by atoms with van der Waals surface area (Å²) in [6.45, 7) is 2.76. The predicted molar refractivity (Wildman–Crippen MR) is 113 cm³/mol. The fourth-order valence-electron chi connectivity index (χ4n) is 3.10. The summed E-state index contributed by atoms with van der Waals surface area (Å²) in [5, 5.41) is 7.86. The highest BCUT2D eigenvalue weighted by Gasteiger charge is 2.19. The Balaban J connectivity index is 1.57. The summed E-state index contributed by atoms with van der Waals surface area (Å²) in [7, 11) is 0. The van der Waals surface area contributed by atoms with Gasteiger partial charge in [0.2, 0.25) is 5.95 Å². The number of pyridine rings is 2. The lowest BCUT2D eigenvalue weighted by atomic mass is 10.3. The molecule has 0 aliphatic carbocycles. The molecular weight excluding hydrogens is 382 g/mol. The third kappa shape index (κ3) is 3.80. The van der Waals surface area contributed by atoms with Gasteiger partial charge in [-0.3, -0.25) is 9.97 Å². The monoisotopic (exact) mass is 401 g/mol. The van der Waals surface area contributed by atoms with Crippen molar-refractivity contribution in [2.45, 2.75) is 0 Å². The van der Waals surface area contributed by atoms with E-state index in [1.807, 2.05) is 24.3 Å². The van der Waals surface area contributed by atoms with Crippen molar-refractivity contribution in [1.82, 2.24) is 29.6 Å². The van der Waals surface area contributed by atoms with Crippen LogP contribution in [-0.4, -0.2) is 62.1 Å². The molecule has 4 aromatic rings. The van der Waals surface area contributed by atoms with Gasteiger partial charge in [-0.1, -0.05) is 0 Å².